The smallest absolute Gasteiger partial charge is 0.314 e. The quantitative estimate of drug-likeness (QED) is 0.915. The Bertz CT molecular complexity index is 546. The van der Waals surface area contributed by atoms with Crippen LogP contribution in [0.1, 0.15) is 12.5 Å². The summed E-state index contributed by atoms with van der Waals surface area (Å²) in [7, 11) is -4.49. The van der Waals surface area contributed by atoms with Crippen molar-refractivity contribution in [2.75, 3.05) is 19.6 Å². The van der Waals surface area contributed by atoms with Gasteiger partial charge in [-0.2, -0.15) is 8.78 Å². The van der Waals surface area contributed by atoms with Crippen LogP contribution in [0.2, 0.25) is 0 Å². The van der Waals surface area contributed by atoms with E-state index >= 15 is 0 Å². The molecule has 4 nitrogen and oxygen atoms in total. The average molecular weight is 304 g/mol. The first-order chi connectivity index (χ1) is 9.41. The Hall–Kier alpha value is -1.05. The van der Waals surface area contributed by atoms with Crippen molar-refractivity contribution in [3.63, 3.8) is 0 Å². The summed E-state index contributed by atoms with van der Waals surface area (Å²) in [6.45, 7) is 5.55. The van der Waals surface area contributed by atoms with Gasteiger partial charge in [0.1, 0.15) is 0 Å². The maximum absolute atomic E-state index is 12.4. The fraction of sp³-hybridized carbons (Fsp3) is 0.538. The van der Waals surface area contributed by atoms with Crippen LogP contribution in [0.15, 0.2) is 29.2 Å². The van der Waals surface area contributed by atoms with E-state index in [1.54, 1.807) is 12.1 Å². The Morgan fingerprint density at radius 2 is 2.00 bits per heavy atom. The van der Waals surface area contributed by atoms with Gasteiger partial charge < -0.3 is 5.32 Å². The lowest BCUT2D eigenvalue weighted by molar-refractivity contribution is 0.165. The molecule has 1 atom stereocenters. The van der Waals surface area contributed by atoms with Crippen molar-refractivity contribution in [3.8, 4) is 0 Å². The molecule has 1 saturated heterocycles. The molecule has 1 aliphatic heterocycles. The van der Waals surface area contributed by atoms with Gasteiger partial charge in [-0.05, 0) is 24.6 Å². The minimum absolute atomic E-state index is 0.329. The van der Waals surface area contributed by atoms with Crippen LogP contribution < -0.4 is 5.32 Å². The zero-order valence-electron chi connectivity index (χ0n) is 11.2. The van der Waals surface area contributed by atoms with Crippen molar-refractivity contribution < 1.29 is 17.2 Å². The van der Waals surface area contributed by atoms with E-state index in [0.717, 1.165) is 25.2 Å². The van der Waals surface area contributed by atoms with E-state index in [2.05, 4.69) is 17.1 Å². The molecule has 1 N–H and O–H groups in total. The lowest BCUT2D eigenvalue weighted by Gasteiger charge is -2.33. The SMILES string of the molecule is C[C@H]1CNCCN1Cc1ccc(S(=O)(=O)C(F)F)cc1. The largest absolute Gasteiger partial charge is 0.341 e. The van der Waals surface area contributed by atoms with E-state index in [1.165, 1.54) is 12.1 Å². The number of piperazine rings is 1. The standard InChI is InChI=1S/C13H18F2N2O2S/c1-10-8-16-6-7-17(10)9-11-2-4-12(5-3-11)20(18,19)13(14)15/h2-5,10,13,16H,6-9H2,1H3/t10-/m0/s1. The van der Waals surface area contributed by atoms with Gasteiger partial charge in [0.15, 0.2) is 0 Å². The summed E-state index contributed by atoms with van der Waals surface area (Å²) < 4.78 is 47.5. The highest BCUT2D eigenvalue weighted by molar-refractivity contribution is 7.91. The Morgan fingerprint density at radius 3 is 2.55 bits per heavy atom. The number of halogens is 2. The van der Waals surface area contributed by atoms with Gasteiger partial charge in [0.25, 0.3) is 0 Å². The summed E-state index contributed by atoms with van der Waals surface area (Å²) in [5.74, 6) is -3.37. The molecule has 7 heteroatoms. The molecule has 0 saturated carbocycles. The summed E-state index contributed by atoms with van der Waals surface area (Å²) >= 11 is 0. The molecule has 1 fully saturated rings. The highest BCUT2D eigenvalue weighted by Gasteiger charge is 2.26. The first-order valence-corrected chi connectivity index (χ1v) is 8.01. The van der Waals surface area contributed by atoms with Crippen molar-refractivity contribution in [2.45, 2.75) is 30.2 Å². The molecule has 0 spiro atoms. The predicted molar refractivity (Wildman–Crippen MR) is 72.4 cm³/mol. The zero-order valence-corrected chi connectivity index (χ0v) is 12.0. The molecule has 0 bridgehead atoms. The molecule has 0 amide bonds. The van der Waals surface area contributed by atoms with Crippen LogP contribution in [0.25, 0.3) is 0 Å². The van der Waals surface area contributed by atoms with E-state index in [4.69, 9.17) is 0 Å². The molecule has 2 rings (SSSR count). The Morgan fingerprint density at radius 1 is 1.35 bits per heavy atom. The zero-order chi connectivity index (χ0) is 14.8. The Kier molecular flexibility index (Phi) is 4.72. The predicted octanol–water partition coefficient (Wildman–Crippen LogP) is 1.48. The number of hydrogen-bond donors (Lipinski definition) is 1. The molecule has 0 aliphatic carbocycles. The van der Waals surface area contributed by atoms with Gasteiger partial charge in [0.2, 0.25) is 9.84 Å². The third-order valence-corrected chi connectivity index (χ3v) is 4.91. The number of alkyl halides is 2. The van der Waals surface area contributed by atoms with Crippen molar-refractivity contribution in [1.29, 1.82) is 0 Å². The van der Waals surface area contributed by atoms with Crippen molar-refractivity contribution in [1.82, 2.24) is 10.2 Å². The summed E-state index contributed by atoms with van der Waals surface area (Å²) in [6, 6.07) is 6.11. The summed E-state index contributed by atoms with van der Waals surface area (Å²) in [6.07, 6.45) is 0. The van der Waals surface area contributed by atoms with Crippen LogP contribution in [-0.2, 0) is 16.4 Å². The minimum Gasteiger partial charge on any atom is -0.314 e. The number of nitrogens with zero attached hydrogens (tertiary/aromatic N) is 1. The maximum Gasteiger partial charge on any atom is 0.341 e. The number of rotatable bonds is 4. The molecule has 1 aromatic rings. The number of sulfone groups is 1. The van der Waals surface area contributed by atoms with Gasteiger partial charge >= 0.3 is 5.76 Å². The third-order valence-electron chi connectivity index (χ3n) is 3.51. The first-order valence-electron chi connectivity index (χ1n) is 6.47. The normalized spacial score (nSPS) is 21.3. The van der Waals surface area contributed by atoms with Gasteiger partial charge in [-0.3, -0.25) is 4.90 Å². The molecule has 1 heterocycles. The monoisotopic (exact) mass is 304 g/mol. The average Bonchev–Trinajstić information content (AvgIpc) is 2.42. The molecule has 0 radical (unpaired) electrons. The fourth-order valence-corrected chi connectivity index (χ4v) is 2.96. The van der Waals surface area contributed by atoms with Crippen LogP contribution in [-0.4, -0.2) is 44.8 Å². The van der Waals surface area contributed by atoms with Crippen LogP contribution in [0.3, 0.4) is 0 Å². The summed E-state index contributed by atoms with van der Waals surface area (Å²) in [5.41, 5.74) is 0.923. The third kappa shape index (κ3) is 3.34. The molecule has 0 unspecified atom stereocenters. The molecule has 0 aromatic heterocycles. The van der Waals surface area contributed by atoms with Gasteiger partial charge in [-0.1, -0.05) is 12.1 Å². The Labute approximate surface area is 117 Å². The van der Waals surface area contributed by atoms with Gasteiger partial charge in [-0.25, -0.2) is 8.42 Å². The molecular formula is C13H18F2N2O2S. The Balaban J connectivity index is 2.09. The van der Waals surface area contributed by atoms with Crippen molar-refractivity contribution in [2.24, 2.45) is 0 Å². The van der Waals surface area contributed by atoms with Gasteiger partial charge in [-0.15, -0.1) is 0 Å². The van der Waals surface area contributed by atoms with Crippen LogP contribution in [0.4, 0.5) is 8.78 Å². The van der Waals surface area contributed by atoms with E-state index in [1.807, 2.05) is 0 Å². The van der Waals surface area contributed by atoms with Crippen LogP contribution in [0, 0.1) is 0 Å². The molecule has 20 heavy (non-hydrogen) atoms. The van der Waals surface area contributed by atoms with Crippen molar-refractivity contribution in [3.05, 3.63) is 29.8 Å². The van der Waals surface area contributed by atoms with Crippen molar-refractivity contribution >= 4 is 9.84 Å². The second-order valence-electron chi connectivity index (χ2n) is 4.97. The maximum atomic E-state index is 12.4. The topological polar surface area (TPSA) is 49.4 Å². The van der Waals surface area contributed by atoms with Crippen LogP contribution >= 0.6 is 0 Å². The van der Waals surface area contributed by atoms with Gasteiger partial charge in [0.05, 0.1) is 4.90 Å². The first kappa shape index (κ1) is 15.3. The van der Waals surface area contributed by atoms with E-state index in [0.29, 0.717) is 12.6 Å². The van der Waals surface area contributed by atoms with E-state index in [-0.39, 0.29) is 4.90 Å². The minimum atomic E-state index is -4.49. The molecule has 112 valence electrons. The number of hydrogen-bond acceptors (Lipinski definition) is 4. The summed E-state index contributed by atoms with van der Waals surface area (Å²) in [4.78, 5) is 1.94. The van der Waals surface area contributed by atoms with Crippen LogP contribution in [0.5, 0.6) is 0 Å². The second kappa shape index (κ2) is 6.15. The molecule has 1 aromatic carbocycles. The lowest BCUT2D eigenvalue weighted by atomic mass is 10.1. The highest BCUT2D eigenvalue weighted by Crippen LogP contribution is 2.19. The van der Waals surface area contributed by atoms with Gasteiger partial charge in [0, 0.05) is 32.2 Å². The fourth-order valence-electron chi connectivity index (χ4n) is 2.24. The lowest BCUT2D eigenvalue weighted by Crippen LogP contribution is -2.49. The van der Waals surface area contributed by atoms with E-state index < -0.39 is 15.6 Å². The molecular weight excluding hydrogens is 286 g/mol. The summed E-state index contributed by atoms with van der Waals surface area (Å²) in [5, 5.41) is 3.29. The number of benzene rings is 1. The highest BCUT2D eigenvalue weighted by atomic mass is 32.2. The van der Waals surface area contributed by atoms with E-state index in [9.17, 15) is 17.2 Å². The second-order valence-corrected chi connectivity index (χ2v) is 6.89. The number of nitrogens with one attached hydrogen (secondary N) is 1. The molecule has 1 aliphatic rings.